The maximum Gasteiger partial charge on any atom is 0.257 e. The van der Waals surface area contributed by atoms with E-state index in [0.29, 0.717) is 11.6 Å². The molecule has 2 N–H and O–H groups in total. The van der Waals surface area contributed by atoms with E-state index in [0.717, 1.165) is 0 Å². The van der Waals surface area contributed by atoms with Gasteiger partial charge in [-0.15, -0.1) is 36.4 Å². The van der Waals surface area contributed by atoms with Gasteiger partial charge < -0.3 is 10.6 Å². The topological polar surface area (TPSA) is 58.2 Å². The molecule has 0 aromatic heterocycles. The second-order valence-corrected chi connectivity index (χ2v) is 10.5. The summed E-state index contributed by atoms with van der Waals surface area (Å²) in [5.74, 6) is -3.70. The van der Waals surface area contributed by atoms with Crippen LogP contribution in [0.2, 0.25) is 20.1 Å². The van der Waals surface area contributed by atoms with Gasteiger partial charge in [-0.2, -0.15) is 0 Å². The van der Waals surface area contributed by atoms with Gasteiger partial charge in [0.25, 0.3) is 5.91 Å². The minimum atomic E-state index is -1.43. The fourth-order valence-electron chi connectivity index (χ4n) is 3.46. The first-order valence-electron chi connectivity index (χ1n) is 10.4. The molecular weight excluding hydrogens is 611 g/mol. The number of hydrogen-bond acceptors (Lipinski definition) is 2. The Morgan fingerprint density at radius 1 is 1.05 bits per heavy atom. The SMILES string of the molecule is C/C=C(NC(=O)c1cc(NC(=O)C2C(c3cc(Cl)c(Cl)c(Cl)c3)C2(Cl)Cl)ccc1Cl)\C(F)=C/CF.C=C. The average molecular weight is 631 g/mol. The first kappa shape index (κ1) is 31.4. The first-order chi connectivity index (χ1) is 17.4. The van der Waals surface area contributed by atoms with E-state index in [1.54, 1.807) is 0 Å². The number of hydrogen-bond donors (Lipinski definition) is 2. The van der Waals surface area contributed by atoms with Gasteiger partial charge >= 0.3 is 0 Å². The molecule has 0 saturated heterocycles. The normalized spacial score (nSPS) is 18.4. The third-order valence-electron chi connectivity index (χ3n) is 5.23. The summed E-state index contributed by atoms with van der Waals surface area (Å²) in [5, 5.41) is 5.56. The van der Waals surface area contributed by atoms with Gasteiger partial charge in [0.15, 0.2) is 0 Å². The second-order valence-electron chi connectivity index (χ2n) is 7.48. The van der Waals surface area contributed by atoms with Gasteiger partial charge in [0.2, 0.25) is 5.91 Å². The van der Waals surface area contributed by atoms with Gasteiger partial charge in [-0.25, -0.2) is 8.78 Å². The molecular formula is C25H20Cl6F2N2O2. The van der Waals surface area contributed by atoms with Crippen LogP contribution < -0.4 is 10.6 Å². The Morgan fingerprint density at radius 3 is 2.19 bits per heavy atom. The van der Waals surface area contributed by atoms with Crippen molar-refractivity contribution in [3.05, 3.63) is 98.4 Å². The van der Waals surface area contributed by atoms with Crippen LogP contribution >= 0.6 is 69.6 Å². The number of alkyl halides is 3. The molecule has 2 aromatic carbocycles. The van der Waals surface area contributed by atoms with E-state index >= 15 is 0 Å². The Hall–Kier alpha value is -1.80. The predicted molar refractivity (Wildman–Crippen MR) is 150 cm³/mol. The van der Waals surface area contributed by atoms with Gasteiger partial charge in [-0.1, -0.05) is 52.5 Å². The highest BCUT2D eigenvalue weighted by Crippen LogP contribution is 2.65. The molecule has 4 nitrogen and oxygen atoms in total. The summed E-state index contributed by atoms with van der Waals surface area (Å²) >= 11 is 37.0. The van der Waals surface area contributed by atoms with Gasteiger partial charge in [0, 0.05) is 11.6 Å². The summed E-state index contributed by atoms with van der Waals surface area (Å²) in [7, 11) is 0. The summed E-state index contributed by atoms with van der Waals surface area (Å²) in [6.45, 7) is 6.43. The molecule has 1 aliphatic rings. The highest BCUT2D eigenvalue weighted by atomic mass is 35.5. The van der Waals surface area contributed by atoms with Crippen molar-refractivity contribution >= 4 is 87.1 Å². The van der Waals surface area contributed by atoms with E-state index in [-0.39, 0.29) is 37.0 Å². The van der Waals surface area contributed by atoms with Gasteiger partial charge in [-0.05, 0) is 48.9 Å². The number of benzene rings is 2. The molecule has 0 spiro atoms. The van der Waals surface area contributed by atoms with Crippen LogP contribution in [0.15, 0.2) is 67.2 Å². The van der Waals surface area contributed by atoms with Crippen molar-refractivity contribution in [2.24, 2.45) is 5.92 Å². The zero-order valence-corrected chi connectivity index (χ0v) is 23.7. The van der Waals surface area contributed by atoms with Crippen molar-refractivity contribution in [1.29, 1.82) is 0 Å². The van der Waals surface area contributed by atoms with Crippen molar-refractivity contribution < 1.29 is 18.4 Å². The van der Waals surface area contributed by atoms with Crippen LogP contribution in [0.4, 0.5) is 14.5 Å². The van der Waals surface area contributed by atoms with E-state index in [4.69, 9.17) is 69.6 Å². The molecule has 12 heteroatoms. The lowest BCUT2D eigenvalue weighted by Crippen LogP contribution is -2.24. The number of carbonyl (C=O) groups excluding carboxylic acids is 2. The highest BCUT2D eigenvalue weighted by Gasteiger charge is 2.67. The third-order valence-corrected chi connectivity index (χ3v) is 7.70. The highest BCUT2D eigenvalue weighted by molar-refractivity contribution is 6.54. The van der Waals surface area contributed by atoms with E-state index in [9.17, 15) is 18.4 Å². The fourth-order valence-corrected chi connectivity index (χ4v) is 5.10. The van der Waals surface area contributed by atoms with Crippen molar-refractivity contribution in [3.8, 4) is 0 Å². The monoisotopic (exact) mass is 628 g/mol. The van der Waals surface area contributed by atoms with Gasteiger partial charge in [0.1, 0.15) is 16.8 Å². The molecule has 37 heavy (non-hydrogen) atoms. The quantitative estimate of drug-likeness (QED) is 0.139. The fraction of sp³-hybridized carbons (Fsp3) is 0.200. The molecule has 1 fully saturated rings. The molecule has 2 aromatic rings. The van der Waals surface area contributed by atoms with E-state index in [1.165, 1.54) is 43.3 Å². The van der Waals surface area contributed by atoms with Crippen molar-refractivity contribution in [3.63, 3.8) is 0 Å². The number of rotatable bonds is 7. The van der Waals surface area contributed by atoms with E-state index < -0.39 is 40.5 Å². The molecule has 0 aliphatic heterocycles. The lowest BCUT2D eigenvalue weighted by Gasteiger charge is -2.11. The molecule has 198 valence electrons. The van der Waals surface area contributed by atoms with Crippen LogP contribution in [-0.4, -0.2) is 22.8 Å². The summed E-state index contributed by atoms with van der Waals surface area (Å²) in [5.41, 5.74) is 0.470. The van der Waals surface area contributed by atoms with Crippen LogP contribution in [0.25, 0.3) is 0 Å². The molecule has 3 rings (SSSR count). The van der Waals surface area contributed by atoms with Gasteiger partial charge in [-0.3, -0.25) is 9.59 Å². The molecule has 1 saturated carbocycles. The number of halogens is 8. The van der Waals surface area contributed by atoms with Crippen LogP contribution in [0.3, 0.4) is 0 Å². The Labute approximate surface area is 243 Å². The Bertz CT molecular complexity index is 1240. The van der Waals surface area contributed by atoms with Crippen molar-refractivity contribution in [1.82, 2.24) is 5.32 Å². The zero-order chi connectivity index (χ0) is 28.1. The molecule has 0 bridgehead atoms. The second kappa shape index (κ2) is 13.3. The number of anilines is 1. The Morgan fingerprint density at radius 2 is 1.65 bits per heavy atom. The molecule has 1 aliphatic carbocycles. The minimum Gasteiger partial charge on any atom is -0.326 e. The maximum absolute atomic E-state index is 13.9. The first-order valence-corrected chi connectivity index (χ1v) is 12.7. The molecule has 2 atom stereocenters. The summed E-state index contributed by atoms with van der Waals surface area (Å²) < 4.78 is 24.9. The van der Waals surface area contributed by atoms with E-state index in [1.807, 2.05) is 0 Å². The predicted octanol–water partition coefficient (Wildman–Crippen LogP) is 9.08. The number of amides is 2. The van der Waals surface area contributed by atoms with Crippen molar-refractivity contribution in [2.45, 2.75) is 17.2 Å². The average Bonchev–Trinajstić information content (AvgIpc) is 3.44. The largest absolute Gasteiger partial charge is 0.326 e. The number of nitrogens with one attached hydrogen (secondary N) is 2. The lowest BCUT2D eigenvalue weighted by atomic mass is 10.1. The van der Waals surface area contributed by atoms with Crippen LogP contribution in [-0.2, 0) is 4.79 Å². The standard InChI is InChI=1S/C23H16Cl6F2N2O2.C2H4/c1-2-17(16(31)5-6-30)33-21(34)12-9-11(3-4-13(12)24)32-22(35)19-18(23(19,28)29)10-7-14(25)20(27)15(26)8-10;1-2/h2-5,7-9,18-19H,6H2,1H3,(H,32,35)(H,33,34);1-2H2/b16-5+,17-2+;. The lowest BCUT2D eigenvalue weighted by molar-refractivity contribution is -0.117. The molecule has 0 radical (unpaired) electrons. The minimum absolute atomic E-state index is 0.0459. The van der Waals surface area contributed by atoms with Crippen molar-refractivity contribution in [2.75, 3.05) is 12.0 Å². The number of carbonyl (C=O) groups is 2. The van der Waals surface area contributed by atoms with Crippen LogP contribution in [0.5, 0.6) is 0 Å². The molecule has 0 heterocycles. The van der Waals surface area contributed by atoms with Crippen LogP contribution in [0, 0.1) is 5.92 Å². The summed E-state index contributed by atoms with van der Waals surface area (Å²) in [4.78, 5) is 25.6. The zero-order valence-electron chi connectivity index (χ0n) is 19.2. The van der Waals surface area contributed by atoms with E-state index in [2.05, 4.69) is 23.8 Å². The Balaban J connectivity index is 0.00000235. The molecule has 2 unspecified atom stereocenters. The van der Waals surface area contributed by atoms with Crippen LogP contribution in [0.1, 0.15) is 28.8 Å². The third kappa shape index (κ3) is 7.20. The number of allylic oxidation sites excluding steroid dienone is 3. The molecule has 2 amide bonds. The van der Waals surface area contributed by atoms with Gasteiger partial charge in [0.05, 0.1) is 37.3 Å². The smallest absolute Gasteiger partial charge is 0.257 e. The summed E-state index contributed by atoms with van der Waals surface area (Å²) in [6.07, 6.45) is 1.94. The maximum atomic E-state index is 13.9. The Kier molecular flexibility index (Phi) is 11.3. The summed E-state index contributed by atoms with van der Waals surface area (Å²) in [6, 6.07) is 7.22.